The molecule has 1 aromatic carbocycles. The molecule has 0 saturated carbocycles. The highest BCUT2D eigenvalue weighted by Gasteiger charge is 2.43. The van der Waals surface area contributed by atoms with Crippen molar-refractivity contribution in [1.29, 1.82) is 0 Å². The van der Waals surface area contributed by atoms with E-state index in [1.54, 1.807) is 45.5 Å². The van der Waals surface area contributed by atoms with Crippen LogP contribution in [0.1, 0.15) is 34.1 Å². The Hall–Kier alpha value is -3.01. The lowest BCUT2D eigenvalue weighted by atomic mass is 10.0. The summed E-state index contributed by atoms with van der Waals surface area (Å²) in [5.74, 6) is -1.64. The Bertz CT molecular complexity index is 945. The number of ether oxygens (including phenoxy) is 1. The molecule has 9 nitrogen and oxygen atoms in total. The number of benzene rings is 1. The van der Waals surface area contributed by atoms with Gasteiger partial charge in [0.05, 0.1) is 13.2 Å². The molecule has 4 amide bonds. The van der Waals surface area contributed by atoms with E-state index in [4.69, 9.17) is 4.74 Å². The Morgan fingerprint density at radius 2 is 1.91 bits per heavy atom. The molecule has 1 aliphatic heterocycles. The van der Waals surface area contributed by atoms with Gasteiger partial charge in [-0.15, -0.1) is 11.8 Å². The van der Waals surface area contributed by atoms with Crippen molar-refractivity contribution in [2.75, 3.05) is 25.2 Å². The summed E-state index contributed by atoms with van der Waals surface area (Å²) in [6.45, 7) is 7.45. The van der Waals surface area contributed by atoms with Gasteiger partial charge in [-0.1, -0.05) is 25.5 Å². The summed E-state index contributed by atoms with van der Waals surface area (Å²) in [7, 11) is 1.25. The Balaban J connectivity index is 2.23. The third-order valence-electron chi connectivity index (χ3n) is 5.43. The average Bonchev–Trinajstić information content (AvgIpc) is 3.19. The van der Waals surface area contributed by atoms with Gasteiger partial charge in [-0.2, -0.15) is 0 Å². The molecule has 10 heteroatoms. The molecule has 3 atom stereocenters. The number of esters is 1. The van der Waals surface area contributed by atoms with Gasteiger partial charge in [0.1, 0.15) is 12.1 Å². The first kappa shape index (κ1) is 27.2. The van der Waals surface area contributed by atoms with Crippen LogP contribution in [0, 0.1) is 5.92 Å². The summed E-state index contributed by atoms with van der Waals surface area (Å²) in [6.07, 6.45) is 3.79. The van der Waals surface area contributed by atoms with E-state index in [0.29, 0.717) is 12.1 Å². The molecule has 3 N–H and O–H groups in total. The smallest absolute Gasteiger partial charge is 0.328 e. The van der Waals surface area contributed by atoms with Gasteiger partial charge in [0, 0.05) is 23.2 Å². The molecule has 0 unspecified atom stereocenters. The Kier molecular flexibility index (Phi) is 9.97. The number of hydrogen-bond acceptors (Lipinski definition) is 6. The maximum absolute atomic E-state index is 13.3. The summed E-state index contributed by atoms with van der Waals surface area (Å²) in [5.41, 5.74) is 1.41. The number of thioether (sulfide) groups is 1. The number of nitrogens with one attached hydrogen (secondary N) is 3. The molecule has 1 aliphatic rings. The quantitative estimate of drug-likeness (QED) is 0.293. The molecule has 0 spiro atoms. The van der Waals surface area contributed by atoms with Crippen LogP contribution in [0.3, 0.4) is 0 Å². The van der Waals surface area contributed by atoms with Gasteiger partial charge in [-0.25, -0.2) is 9.59 Å². The van der Waals surface area contributed by atoms with E-state index in [2.05, 4.69) is 16.0 Å². The van der Waals surface area contributed by atoms with Gasteiger partial charge in [0.25, 0.3) is 0 Å². The van der Waals surface area contributed by atoms with Gasteiger partial charge in [-0.05, 0) is 50.6 Å². The normalized spacial score (nSPS) is 18.1. The van der Waals surface area contributed by atoms with Crippen LogP contribution < -0.4 is 16.0 Å². The van der Waals surface area contributed by atoms with Crippen LogP contribution in [-0.2, 0) is 19.1 Å². The van der Waals surface area contributed by atoms with E-state index in [1.807, 2.05) is 24.5 Å². The number of anilines is 1. The van der Waals surface area contributed by atoms with Gasteiger partial charge in [0.15, 0.2) is 0 Å². The molecule has 1 aromatic rings. The highest BCUT2D eigenvalue weighted by molar-refractivity contribution is 7.98. The molecule has 1 fully saturated rings. The predicted molar refractivity (Wildman–Crippen MR) is 132 cm³/mol. The van der Waals surface area contributed by atoms with Crippen LogP contribution in [0.25, 0.3) is 0 Å². The second-order valence-electron chi connectivity index (χ2n) is 8.68. The molecular weight excluding hydrogens is 456 g/mol. The van der Waals surface area contributed by atoms with Crippen LogP contribution in [0.2, 0.25) is 0 Å². The fraction of sp³-hybridized carbons (Fsp3) is 0.500. The molecular formula is C24H34N4O5S. The molecule has 34 heavy (non-hydrogen) atoms. The standard InChI is InChI=1S/C24H34N4O5S/c1-14(2)12-19(29)28-11-10-18(21(28)22(30)27-20(15(3)4)23(31)33-5)26-24(32)25-16-8-7-9-17(13-16)34-6/h7-9,12-13,15,18,20-21H,10-11H2,1-6H3,(H,27,30)(H2,25,26,32)/t18-,20+,21+/m0/s1. The van der Waals surface area contributed by atoms with Crippen molar-refractivity contribution in [2.45, 2.75) is 57.1 Å². The van der Waals surface area contributed by atoms with E-state index >= 15 is 0 Å². The summed E-state index contributed by atoms with van der Waals surface area (Å²) in [4.78, 5) is 53.4. The number of nitrogens with zero attached hydrogens (tertiary/aromatic N) is 1. The zero-order valence-electron chi connectivity index (χ0n) is 20.5. The number of methoxy groups -OCH3 is 1. The number of rotatable bonds is 8. The minimum atomic E-state index is -0.975. The number of likely N-dealkylation sites (tertiary alicyclic amines) is 1. The van der Waals surface area contributed by atoms with Gasteiger partial charge >= 0.3 is 12.0 Å². The molecule has 186 valence electrons. The van der Waals surface area contributed by atoms with Crippen LogP contribution >= 0.6 is 11.8 Å². The molecule has 1 saturated heterocycles. The van der Waals surface area contributed by atoms with Crippen molar-refractivity contribution >= 4 is 41.3 Å². The third-order valence-corrected chi connectivity index (χ3v) is 6.15. The van der Waals surface area contributed by atoms with Crippen molar-refractivity contribution in [3.8, 4) is 0 Å². The van der Waals surface area contributed by atoms with Crippen LogP contribution in [0.5, 0.6) is 0 Å². The number of hydrogen-bond donors (Lipinski definition) is 3. The number of urea groups is 1. The fourth-order valence-electron chi connectivity index (χ4n) is 3.74. The Labute approximate surface area is 205 Å². The maximum Gasteiger partial charge on any atom is 0.328 e. The zero-order chi connectivity index (χ0) is 25.4. The van der Waals surface area contributed by atoms with Crippen molar-refractivity contribution < 1.29 is 23.9 Å². The van der Waals surface area contributed by atoms with Crippen LogP contribution in [0.15, 0.2) is 40.8 Å². The minimum absolute atomic E-state index is 0.224. The summed E-state index contributed by atoms with van der Waals surface area (Å²) in [6, 6.07) is 4.43. The fourth-order valence-corrected chi connectivity index (χ4v) is 4.20. The second-order valence-corrected chi connectivity index (χ2v) is 9.56. The molecule has 0 aromatic heterocycles. The monoisotopic (exact) mass is 490 g/mol. The number of allylic oxidation sites excluding steroid dienone is 1. The lowest BCUT2D eigenvalue weighted by Gasteiger charge is -2.29. The first-order valence-electron chi connectivity index (χ1n) is 11.1. The molecule has 0 aliphatic carbocycles. The lowest BCUT2D eigenvalue weighted by molar-refractivity contribution is -0.147. The largest absolute Gasteiger partial charge is 0.467 e. The third kappa shape index (κ3) is 7.24. The lowest BCUT2D eigenvalue weighted by Crippen LogP contribution is -2.58. The Morgan fingerprint density at radius 1 is 1.21 bits per heavy atom. The zero-order valence-corrected chi connectivity index (χ0v) is 21.3. The first-order valence-corrected chi connectivity index (χ1v) is 12.3. The van der Waals surface area contributed by atoms with E-state index in [-0.39, 0.29) is 18.4 Å². The summed E-state index contributed by atoms with van der Waals surface area (Å²) in [5, 5.41) is 8.33. The Morgan fingerprint density at radius 3 is 2.50 bits per heavy atom. The van der Waals surface area contributed by atoms with Crippen molar-refractivity contribution in [1.82, 2.24) is 15.5 Å². The van der Waals surface area contributed by atoms with Gasteiger partial charge < -0.3 is 25.6 Å². The van der Waals surface area contributed by atoms with Crippen molar-refractivity contribution in [3.05, 3.63) is 35.9 Å². The molecule has 2 rings (SSSR count). The number of carbonyl (C=O) groups is 4. The molecule has 1 heterocycles. The number of amides is 4. The SMILES string of the molecule is COC(=O)[C@H](NC(=O)[C@H]1[C@@H](NC(=O)Nc2cccc(SC)c2)CCN1C(=O)C=C(C)C)C(C)C. The van der Waals surface area contributed by atoms with Crippen LogP contribution in [-0.4, -0.2) is 66.8 Å². The van der Waals surface area contributed by atoms with Crippen LogP contribution in [0.4, 0.5) is 10.5 Å². The highest BCUT2D eigenvalue weighted by atomic mass is 32.2. The summed E-state index contributed by atoms with van der Waals surface area (Å²) < 4.78 is 4.82. The highest BCUT2D eigenvalue weighted by Crippen LogP contribution is 2.22. The predicted octanol–water partition coefficient (Wildman–Crippen LogP) is 2.78. The topological polar surface area (TPSA) is 117 Å². The summed E-state index contributed by atoms with van der Waals surface area (Å²) >= 11 is 1.56. The molecule has 0 radical (unpaired) electrons. The van der Waals surface area contributed by atoms with Crippen molar-refractivity contribution in [3.63, 3.8) is 0 Å². The van der Waals surface area contributed by atoms with E-state index in [9.17, 15) is 19.2 Å². The first-order chi connectivity index (χ1) is 16.1. The van der Waals surface area contributed by atoms with Gasteiger partial charge in [0.2, 0.25) is 11.8 Å². The van der Waals surface area contributed by atoms with E-state index < -0.39 is 36.0 Å². The van der Waals surface area contributed by atoms with E-state index in [1.165, 1.54) is 18.1 Å². The van der Waals surface area contributed by atoms with Gasteiger partial charge in [-0.3, -0.25) is 9.59 Å². The van der Waals surface area contributed by atoms with E-state index in [0.717, 1.165) is 10.5 Å². The molecule has 0 bridgehead atoms. The average molecular weight is 491 g/mol. The van der Waals surface area contributed by atoms with Crippen molar-refractivity contribution in [2.24, 2.45) is 5.92 Å². The number of carbonyl (C=O) groups excluding carboxylic acids is 4. The minimum Gasteiger partial charge on any atom is -0.467 e. The maximum atomic E-state index is 13.3. The second kappa shape index (κ2) is 12.5.